The molecule has 0 aliphatic carbocycles. The number of halogens is 1. The van der Waals surface area contributed by atoms with Crippen LogP contribution in [0.3, 0.4) is 0 Å². The Morgan fingerprint density at radius 1 is 1.09 bits per heavy atom. The summed E-state index contributed by atoms with van der Waals surface area (Å²) >= 11 is 3.31. The molecule has 0 unspecified atom stereocenters. The molecule has 0 atom stereocenters. The van der Waals surface area contributed by atoms with E-state index in [-0.39, 0.29) is 11.4 Å². The van der Waals surface area contributed by atoms with E-state index in [0.29, 0.717) is 11.0 Å². The predicted molar refractivity (Wildman–Crippen MR) is 90.1 cm³/mol. The quantitative estimate of drug-likeness (QED) is 0.356. The molecule has 8 nitrogen and oxygen atoms in total. The van der Waals surface area contributed by atoms with Gasteiger partial charge in [-0.1, -0.05) is 46.3 Å². The summed E-state index contributed by atoms with van der Waals surface area (Å²) in [5.41, 5.74) is 3.40. The smallest absolute Gasteiger partial charge is 0.271 e. The monoisotopic (exact) mass is 378 g/mol. The zero-order valence-corrected chi connectivity index (χ0v) is 13.3. The molecule has 0 bridgehead atoms. The van der Waals surface area contributed by atoms with E-state index < -0.39 is 15.5 Å². The van der Waals surface area contributed by atoms with Crippen LogP contribution in [0.5, 0.6) is 0 Å². The Kier molecular flexibility index (Phi) is 5.36. The third kappa shape index (κ3) is 4.10. The lowest BCUT2D eigenvalue weighted by molar-refractivity contribution is -0.393. The molecule has 0 fully saturated rings. The highest BCUT2D eigenvalue weighted by atomic mass is 79.9. The van der Waals surface area contributed by atoms with Gasteiger partial charge < -0.3 is 0 Å². The fraction of sp³-hybridized carbons (Fsp3) is 0.0714. The van der Waals surface area contributed by atoms with E-state index in [1.54, 1.807) is 0 Å². The molecule has 0 saturated heterocycles. The summed E-state index contributed by atoms with van der Waals surface area (Å²) in [6, 6.07) is 12.6. The van der Waals surface area contributed by atoms with E-state index in [4.69, 9.17) is 0 Å². The second-order valence-corrected chi connectivity index (χ2v) is 4.95. The molecular weight excluding hydrogens is 368 g/mol. The number of non-ortho nitro benzene ring substituents is 1. The van der Waals surface area contributed by atoms with Crippen LogP contribution >= 0.6 is 15.9 Å². The molecule has 0 spiro atoms. The summed E-state index contributed by atoms with van der Waals surface area (Å²) in [5.74, 6) is 0. The number of nitro groups is 2. The molecule has 2 aromatic carbocycles. The zero-order chi connectivity index (χ0) is 16.8. The molecule has 23 heavy (non-hydrogen) atoms. The highest BCUT2D eigenvalue weighted by Crippen LogP contribution is 2.29. The molecule has 1 N–H and O–H groups in total. The minimum atomic E-state index is -0.693. The van der Waals surface area contributed by atoms with Crippen molar-refractivity contribution in [3.8, 4) is 0 Å². The third-order valence-corrected chi connectivity index (χ3v) is 3.46. The Labute approximate surface area is 139 Å². The highest BCUT2D eigenvalue weighted by Gasteiger charge is 2.19. The molecule has 0 aliphatic rings. The van der Waals surface area contributed by atoms with Gasteiger partial charge in [0.15, 0.2) is 0 Å². The van der Waals surface area contributed by atoms with Crippen molar-refractivity contribution in [3.05, 3.63) is 74.3 Å². The van der Waals surface area contributed by atoms with Crippen LogP contribution in [0.25, 0.3) is 0 Å². The number of alkyl halides is 1. The van der Waals surface area contributed by atoms with Crippen molar-refractivity contribution < 1.29 is 9.85 Å². The average Bonchev–Trinajstić information content (AvgIpc) is 2.56. The summed E-state index contributed by atoms with van der Waals surface area (Å²) < 4.78 is 0. The highest BCUT2D eigenvalue weighted by molar-refractivity contribution is 9.09. The zero-order valence-electron chi connectivity index (χ0n) is 11.7. The Balaban J connectivity index is 2.33. The van der Waals surface area contributed by atoms with Gasteiger partial charge in [0.1, 0.15) is 5.69 Å². The minimum Gasteiger partial charge on any atom is -0.271 e. The summed E-state index contributed by atoms with van der Waals surface area (Å²) in [6.07, 6.45) is 0. The van der Waals surface area contributed by atoms with Crippen LogP contribution in [0.4, 0.5) is 17.1 Å². The molecule has 0 amide bonds. The summed E-state index contributed by atoms with van der Waals surface area (Å²) in [6.45, 7) is 0. The molecule has 2 aromatic rings. The van der Waals surface area contributed by atoms with Gasteiger partial charge in [0.05, 0.1) is 21.6 Å². The number of hydrogen-bond acceptors (Lipinski definition) is 6. The number of hydrazone groups is 1. The van der Waals surface area contributed by atoms with E-state index in [9.17, 15) is 20.2 Å². The van der Waals surface area contributed by atoms with Crippen LogP contribution in [0.15, 0.2) is 53.6 Å². The number of anilines is 1. The maximum atomic E-state index is 11.1. The van der Waals surface area contributed by atoms with Crippen molar-refractivity contribution in [2.75, 3.05) is 10.8 Å². The van der Waals surface area contributed by atoms with Crippen LogP contribution in [-0.4, -0.2) is 20.9 Å². The minimum absolute atomic E-state index is 0.0787. The van der Waals surface area contributed by atoms with Crippen LogP contribution in [0.1, 0.15) is 5.56 Å². The molecule has 2 rings (SSSR count). The van der Waals surface area contributed by atoms with Gasteiger partial charge in [0.25, 0.3) is 5.69 Å². The van der Waals surface area contributed by atoms with E-state index in [0.717, 1.165) is 11.6 Å². The standard InChI is InChI=1S/C14H11BrN4O4/c15-9-13(10-4-2-1-3-5-10)17-16-12-7-6-11(18(20)21)8-14(12)19(22)23/h1-8,16H,9H2. The van der Waals surface area contributed by atoms with Gasteiger partial charge in [-0.3, -0.25) is 25.7 Å². The lowest BCUT2D eigenvalue weighted by Gasteiger charge is -2.06. The Hall–Kier alpha value is -2.81. The molecule has 0 saturated carbocycles. The van der Waals surface area contributed by atoms with Gasteiger partial charge in [-0.15, -0.1) is 0 Å². The first-order valence-corrected chi connectivity index (χ1v) is 7.52. The lowest BCUT2D eigenvalue weighted by atomic mass is 10.1. The molecule has 9 heteroatoms. The van der Waals surface area contributed by atoms with E-state index >= 15 is 0 Å². The summed E-state index contributed by atoms with van der Waals surface area (Å²) in [5, 5.41) is 26.4. The number of nitrogens with one attached hydrogen (secondary N) is 1. The van der Waals surface area contributed by atoms with Crippen LogP contribution in [0.2, 0.25) is 0 Å². The fourth-order valence-electron chi connectivity index (χ4n) is 1.81. The molecule has 0 aromatic heterocycles. The second-order valence-electron chi connectivity index (χ2n) is 4.39. The molecule has 0 aliphatic heterocycles. The lowest BCUT2D eigenvalue weighted by Crippen LogP contribution is -2.06. The van der Waals surface area contributed by atoms with Crippen molar-refractivity contribution in [1.29, 1.82) is 0 Å². The normalized spacial score (nSPS) is 11.1. The van der Waals surface area contributed by atoms with Crippen LogP contribution < -0.4 is 5.43 Å². The first-order chi connectivity index (χ1) is 11.0. The first kappa shape index (κ1) is 16.6. The number of nitrogens with zero attached hydrogens (tertiary/aromatic N) is 3. The summed E-state index contributed by atoms with van der Waals surface area (Å²) in [4.78, 5) is 20.4. The topological polar surface area (TPSA) is 111 Å². The Morgan fingerprint density at radius 2 is 1.78 bits per heavy atom. The average molecular weight is 379 g/mol. The van der Waals surface area contributed by atoms with Gasteiger partial charge in [0.2, 0.25) is 0 Å². The fourth-order valence-corrected chi connectivity index (χ4v) is 2.26. The predicted octanol–water partition coefficient (Wildman–Crippen LogP) is 3.71. The second kappa shape index (κ2) is 7.45. The number of nitro benzene ring substituents is 2. The molecular formula is C14H11BrN4O4. The maximum Gasteiger partial charge on any atom is 0.301 e. The SMILES string of the molecule is O=[N+]([O-])c1ccc(NN=C(CBr)c2ccccc2)c([N+](=O)[O-])c1. The van der Waals surface area contributed by atoms with Crippen molar-refractivity contribution in [2.24, 2.45) is 5.10 Å². The molecule has 0 heterocycles. The first-order valence-electron chi connectivity index (χ1n) is 6.39. The van der Waals surface area contributed by atoms with Gasteiger partial charge in [-0.25, -0.2) is 0 Å². The number of hydrogen-bond donors (Lipinski definition) is 1. The van der Waals surface area contributed by atoms with Crippen molar-refractivity contribution >= 4 is 38.7 Å². The van der Waals surface area contributed by atoms with Crippen LogP contribution in [0, 0.1) is 20.2 Å². The number of benzene rings is 2. The Morgan fingerprint density at radius 3 is 2.35 bits per heavy atom. The molecule has 0 radical (unpaired) electrons. The number of rotatable bonds is 6. The molecule has 118 valence electrons. The van der Waals surface area contributed by atoms with E-state index in [1.807, 2.05) is 30.3 Å². The van der Waals surface area contributed by atoms with Gasteiger partial charge in [-0.2, -0.15) is 5.10 Å². The van der Waals surface area contributed by atoms with Crippen molar-refractivity contribution in [2.45, 2.75) is 0 Å². The van der Waals surface area contributed by atoms with E-state index in [1.165, 1.54) is 12.1 Å². The summed E-state index contributed by atoms with van der Waals surface area (Å²) in [7, 11) is 0. The van der Waals surface area contributed by atoms with Crippen molar-refractivity contribution in [3.63, 3.8) is 0 Å². The van der Waals surface area contributed by atoms with Crippen molar-refractivity contribution in [1.82, 2.24) is 0 Å². The largest absolute Gasteiger partial charge is 0.301 e. The van der Waals surface area contributed by atoms with Gasteiger partial charge >= 0.3 is 5.69 Å². The third-order valence-electron chi connectivity index (χ3n) is 2.93. The van der Waals surface area contributed by atoms with Gasteiger partial charge in [-0.05, 0) is 11.6 Å². The van der Waals surface area contributed by atoms with E-state index in [2.05, 4.69) is 26.5 Å². The van der Waals surface area contributed by atoms with Crippen LogP contribution in [-0.2, 0) is 0 Å². The maximum absolute atomic E-state index is 11.1. The van der Waals surface area contributed by atoms with Gasteiger partial charge in [0, 0.05) is 11.4 Å². The Bertz CT molecular complexity index is 765.